The number of hydrogen-bond donors (Lipinski definition) is 0. The van der Waals surface area contributed by atoms with E-state index in [0.29, 0.717) is 23.9 Å². The summed E-state index contributed by atoms with van der Waals surface area (Å²) >= 11 is 0. The number of allylic oxidation sites excluding steroid dienone is 18. The predicted molar refractivity (Wildman–Crippen MR) is 389 cm³/mol. The van der Waals surface area contributed by atoms with E-state index in [4.69, 9.17) is 18.9 Å². The van der Waals surface area contributed by atoms with Crippen LogP contribution in [0.4, 0.5) is 0 Å². The lowest BCUT2D eigenvalue weighted by molar-refractivity contribution is -0.870. The van der Waals surface area contributed by atoms with Gasteiger partial charge in [-0.1, -0.05) is 335 Å². The van der Waals surface area contributed by atoms with Crippen molar-refractivity contribution in [2.75, 3.05) is 47.5 Å². The van der Waals surface area contributed by atoms with E-state index in [1.54, 1.807) is 0 Å². The van der Waals surface area contributed by atoms with E-state index >= 15 is 0 Å². The van der Waals surface area contributed by atoms with Crippen molar-refractivity contribution in [2.24, 2.45) is 0 Å². The molecule has 0 aromatic rings. The minimum Gasteiger partial charge on any atom is -0.545 e. The highest BCUT2D eigenvalue weighted by Crippen LogP contribution is 2.19. The van der Waals surface area contributed by atoms with Gasteiger partial charge in [-0.05, 0) is 96.3 Å². The van der Waals surface area contributed by atoms with Crippen molar-refractivity contribution in [3.8, 4) is 0 Å². The van der Waals surface area contributed by atoms with E-state index in [1.165, 1.54) is 199 Å². The van der Waals surface area contributed by atoms with Gasteiger partial charge >= 0.3 is 11.9 Å². The number of hydrogen-bond acceptors (Lipinski definition) is 8. The van der Waals surface area contributed by atoms with Gasteiger partial charge in [0, 0.05) is 12.8 Å². The Morgan fingerprint density at radius 2 is 0.593 bits per heavy atom. The summed E-state index contributed by atoms with van der Waals surface area (Å²) in [4.78, 5) is 37.5. The smallest absolute Gasteiger partial charge is 0.306 e. The summed E-state index contributed by atoms with van der Waals surface area (Å²) in [5, 5.41) is 11.8. The normalized spacial score (nSPS) is 13.3. The van der Waals surface area contributed by atoms with Crippen LogP contribution in [0.15, 0.2) is 109 Å². The third kappa shape index (κ3) is 73.2. The first-order valence-electron chi connectivity index (χ1n) is 38.0. The maximum Gasteiger partial charge on any atom is 0.306 e. The maximum absolute atomic E-state index is 12.9. The fourth-order valence-electron chi connectivity index (χ4n) is 10.8. The molecule has 0 saturated carbocycles. The summed E-state index contributed by atoms with van der Waals surface area (Å²) in [6, 6.07) is 0. The van der Waals surface area contributed by atoms with E-state index < -0.39 is 24.3 Å². The van der Waals surface area contributed by atoms with Gasteiger partial charge in [0.05, 0.1) is 40.3 Å². The van der Waals surface area contributed by atoms with Crippen LogP contribution >= 0.6 is 0 Å². The Balaban J connectivity index is 3.98. The number of nitrogens with zero attached hydrogens (tertiary/aromatic N) is 1. The zero-order valence-electron chi connectivity index (χ0n) is 59.9. The molecular formula is C82H143NO8. The maximum atomic E-state index is 12.9. The summed E-state index contributed by atoms with van der Waals surface area (Å²) in [6.45, 7) is 4.55. The molecule has 0 rings (SSSR count). The lowest BCUT2D eigenvalue weighted by Gasteiger charge is -2.26. The lowest BCUT2D eigenvalue weighted by Crippen LogP contribution is -2.44. The van der Waals surface area contributed by atoms with Gasteiger partial charge in [-0.15, -0.1) is 0 Å². The third-order valence-corrected chi connectivity index (χ3v) is 16.5. The van der Waals surface area contributed by atoms with Crippen molar-refractivity contribution in [3.63, 3.8) is 0 Å². The topological polar surface area (TPSA) is 111 Å². The second-order valence-corrected chi connectivity index (χ2v) is 26.5. The number of carbonyl (C=O) groups is 3. The molecule has 524 valence electrons. The first-order chi connectivity index (χ1) is 44.6. The van der Waals surface area contributed by atoms with E-state index in [9.17, 15) is 19.5 Å². The van der Waals surface area contributed by atoms with E-state index in [2.05, 4.69) is 123 Å². The Hall–Kier alpha value is -4.05. The molecule has 0 heterocycles. The van der Waals surface area contributed by atoms with Crippen molar-refractivity contribution >= 4 is 17.9 Å². The number of carbonyl (C=O) groups excluding carboxylic acids is 3. The molecule has 0 aromatic heterocycles. The van der Waals surface area contributed by atoms with Gasteiger partial charge in [-0.3, -0.25) is 9.59 Å². The van der Waals surface area contributed by atoms with Crippen molar-refractivity contribution in [1.82, 2.24) is 0 Å². The standard InChI is InChI=1S/C82H143NO8/c1-6-8-10-12-14-16-18-20-22-24-26-28-30-32-33-34-35-36-37-38-39-40-41-42-43-44-45-46-47-49-50-52-54-56-58-60-62-64-66-68-70-72-79(84)89-76-78(77-90-82(81(86)87)88-75-74-83(3,4)5)91-80(85)73-71-69-67-65-63-61-59-57-55-53-51-48-31-29-27-25-23-21-19-17-15-13-11-9-7-2/h8-11,14-17,20-23,26-29,48,51,78,82H,6-7,12-13,18-19,24-25,30-47,49-50,52-77H2,1-5H3/b10-8-,11-9-,16-14-,17-15-,22-20-,23-21-,28-26-,29-27-,51-48-. The fraction of sp³-hybridized carbons (Fsp3) is 0.744. The van der Waals surface area contributed by atoms with E-state index in [0.717, 1.165) is 103 Å². The Labute approximate surface area is 562 Å². The van der Waals surface area contributed by atoms with Crippen LogP contribution in [0, 0.1) is 0 Å². The molecule has 0 bridgehead atoms. The molecule has 0 radical (unpaired) electrons. The van der Waals surface area contributed by atoms with Gasteiger partial charge in [-0.2, -0.15) is 0 Å². The second-order valence-electron chi connectivity index (χ2n) is 26.5. The first-order valence-corrected chi connectivity index (χ1v) is 38.0. The lowest BCUT2D eigenvalue weighted by atomic mass is 10.0. The Kier molecular flexibility index (Phi) is 68.6. The zero-order valence-corrected chi connectivity index (χ0v) is 59.9. The molecule has 0 aliphatic carbocycles. The summed E-state index contributed by atoms with van der Waals surface area (Å²) < 4.78 is 22.8. The number of aliphatic carboxylic acids is 1. The van der Waals surface area contributed by atoms with Gasteiger partial charge in [0.25, 0.3) is 0 Å². The molecule has 0 saturated heterocycles. The van der Waals surface area contributed by atoms with Gasteiger partial charge in [0.1, 0.15) is 13.2 Å². The molecule has 0 aliphatic heterocycles. The number of ether oxygens (including phenoxy) is 4. The van der Waals surface area contributed by atoms with Crippen molar-refractivity contribution < 1.29 is 42.9 Å². The zero-order chi connectivity index (χ0) is 66.1. The van der Waals surface area contributed by atoms with Crippen LogP contribution in [-0.4, -0.2) is 82.3 Å². The summed E-state index contributed by atoms with van der Waals surface area (Å²) in [5.74, 6) is -2.28. The summed E-state index contributed by atoms with van der Waals surface area (Å²) in [7, 11) is 5.93. The fourth-order valence-corrected chi connectivity index (χ4v) is 10.8. The van der Waals surface area contributed by atoms with E-state index in [1.807, 2.05) is 21.1 Å². The highest BCUT2D eigenvalue weighted by molar-refractivity contribution is 5.70. The highest BCUT2D eigenvalue weighted by Gasteiger charge is 2.22. The Morgan fingerprint density at radius 3 is 0.879 bits per heavy atom. The molecule has 0 amide bonds. The largest absolute Gasteiger partial charge is 0.545 e. The van der Waals surface area contributed by atoms with Crippen LogP contribution in [0.5, 0.6) is 0 Å². The molecule has 0 aliphatic rings. The average molecular weight is 1270 g/mol. The van der Waals surface area contributed by atoms with E-state index in [-0.39, 0.29) is 32.2 Å². The van der Waals surface area contributed by atoms with Crippen LogP contribution in [0.2, 0.25) is 0 Å². The molecular weight excluding hydrogens is 1130 g/mol. The number of likely N-dealkylation sites (N-methyl/N-ethyl adjacent to an activating group) is 1. The number of carboxylic acid groups (broad SMARTS) is 1. The van der Waals surface area contributed by atoms with Gasteiger partial charge in [0.15, 0.2) is 12.4 Å². The number of unbranched alkanes of at least 4 members (excludes halogenated alkanes) is 37. The molecule has 91 heavy (non-hydrogen) atoms. The Bertz CT molecular complexity index is 1870. The summed E-state index contributed by atoms with van der Waals surface area (Å²) in [6.07, 6.45) is 97.8. The Morgan fingerprint density at radius 1 is 0.330 bits per heavy atom. The minimum absolute atomic E-state index is 0.144. The highest BCUT2D eigenvalue weighted by atomic mass is 16.7. The van der Waals surface area contributed by atoms with Crippen molar-refractivity contribution in [1.29, 1.82) is 0 Å². The van der Waals surface area contributed by atoms with Crippen LogP contribution in [0.3, 0.4) is 0 Å². The van der Waals surface area contributed by atoms with Gasteiger partial charge in [-0.25, -0.2) is 0 Å². The first kappa shape index (κ1) is 87.0. The molecule has 0 N–H and O–H groups in total. The average Bonchev–Trinajstić information content (AvgIpc) is 3.46. The summed E-state index contributed by atoms with van der Waals surface area (Å²) in [5.41, 5.74) is 0. The SMILES string of the molecule is CC/C=C\C/C=C\C/C=C\C/C=C\C/C=C\CCCCCCCCCCCC(=O)OC(COC(=O)CCCCCCCCCCCCCCCCCCCCCCCCCCCCCC/C=C\C/C=C\C/C=C\C/C=C\CC)COC(OCC[N+](C)(C)C)C(=O)[O-]. The van der Waals surface area contributed by atoms with Crippen LogP contribution < -0.4 is 5.11 Å². The number of esters is 2. The van der Waals surface area contributed by atoms with Crippen molar-refractivity contribution in [2.45, 2.75) is 347 Å². The molecule has 0 fully saturated rings. The van der Waals surface area contributed by atoms with Gasteiger partial charge < -0.3 is 33.3 Å². The van der Waals surface area contributed by atoms with Gasteiger partial charge in [0.2, 0.25) is 0 Å². The number of carboxylic acids is 1. The molecule has 2 atom stereocenters. The molecule has 0 aromatic carbocycles. The monoisotopic (exact) mass is 1270 g/mol. The molecule has 9 heteroatoms. The predicted octanol–water partition coefficient (Wildman–Crippen LogP) is 22.8. The van der Waals surface area contributed by atoms with Crippen LogP contribution in [0.25, 0.3) is 0 Å². The third-order valence-electron chi connectivity index (χ3n) is 16.5. The van der Waals surface area contributed by atoms with Crippen LogP contribution in [-0.2, 0) is 33.3 Å². The van der Waals surface area contributed by atoms with Crippen LogP contribution in [0.1, 0.15) is 335 Å². The minimum atomic E-state index is -1.63. The molecule has 9 nitrogen and oxygen atoms in total. The van der Waals surface area contributed by atoms with Crippen molar-refractivity contribution in [3.05, 3.63) is 109 Å². The number of quaternary nitrogens is 1. The second kappa shape index (κ2) is 71.8. The molecule has 0 spiro atoms. The number of rotatable bonds is 70. The quantitative estimate of drug-likeness (QED) is 0.0195. The molecule has 2 unspecified atom stereocenters.